The summed E-state index contributed by atoms with van der Waals surface area (Å²) in [6.07, 6.45) is 3.80. The third-order valence-corrected chi connectivity index (χ3v) is 3.57. The Kier molecular flexibility index (Phi) is 3.70. The molecular formula is C15H18O3. The zero-order valence-corrected chi connectivity index (χ0v) is 10.5. The summed E-state index contributed by atoms with van der Waals surface area (Å²) in [6, 6.07) is 7.49. The van der Waals surface area contributed by atoms with Crippen molar-refractivity contribution < 1.29 is 15.0 Å². The Balaban J connectivity index is 2.25. The number of carboxylic acid groups (broad SMARTS) is 1. The molecule has 0 amide bonds. The Hall–Kier alpha value is -1.77. The van der Waals surface area contributed by atoms with Gasteiger partial charge >= 0.3 is 5.97 Å². The van der Waals surface area contributed by atoms with E-state index in [2.05, 4.69) is 0 Å². The summed E-state index contributed by atoms with van der Waals surface area (Å²) < 4.78 is 0. The second kappa shape index (κ2) is 5.25. The van der Waals surface area contributed by atoms with E-state index in [0.717, 1.165) is 42.4 Å². The lowest BCUT2D eigenvalue weighted by atomic mass is 9.90. The molecule has 1 atom stereocenters. The van der Waals surface area contributed by atoms with Crippen LogP contribution >= 0.6 is 0 Å². The molecule has 0 saturated heterocycles. The minimum Gasteiger partial charge on any atom is -0.512 e. The normalized spacial score (nSPS) is 17.6. The van der Waals surface area contributed by atoms with Gasteiger partial charge in [-0.1, -0.05) is 24.3 Å². The molecule has 0 bridgehead atoms. The lowest BCUT2D eigenvalue weighted by Gasteiger charge is -2.17. The van der Waals surface area contributed by atoms with E-state index < -0.39 is 11.9 Å². The standard InChI is InChI=1S/C15H18O3/c1-10(15(17)18)11-6-8-12(9-7-11)13-4-2-3-5-14(13)16/h6-10,16H,2-5H2,1H3,(H,17,18). The van der Waals surface area contributed by atoms with Crippen molar-refractivity contribution in [3.8, 4) is 0 Å². The van der Waals surface area contributed by atoms with Crippen LogP contribution in [0.25, 0.3) is 5.57 Å². The highest BCUT2D eigenvalue weighted by Crippen LogP contribution is 2.31. The topological polar surface area (TPSA) is 57.5 Å². The van der Waals surface area contributed by atoms with Crippen molar-refractivity contribution in [2.24, 2.45) is 0 Å². The van der Waals surface area contributed by atoms with Crippen LogP contribution in [0.4, 0.5) is 0 Å². The summed E-state index contributed by atoms with van der Waals surface area (Å²) in [4.78, 5) is 10.9. The summed E-state index contributed by atoms with van der Waals surface area (Å²) in [5.41, 5.74) is 2.81. The van der Waals surface area contributed by atoms with Crippen molar-refractivity contribution in [3.63, 3.8) is 0 Å². The first-order valence-corrected chi connectivity index (χ1v) is 6.33. The summed E-state index contributed by atoms with van der Waals surface area (Å²) in [6.45, 7) is 1.68. The Bertz CT molecular complexity index is 471. The maximum absolute atomic E-state index is 10.9. The van der Waals surface area contributed by atoms with Gasteiger partial charge in [-0.15, -0.1) is 0 Å². The Morgan fingerprint density at radius 3 is 2.33 bits per heavy atom. The van der Waals surface area contributed by atoms with Crippen LogP contribution in [0.5, 0.6) is 0 Å². The summed E-state index contributed by atoms with van der Waals surface area (Å²) in [5.74, 6) is -0.823. The van der Waals surface area contributed by atoms with Crippen LogP contribution in [0.3, 0.4) is 0 Å². The Labute approximate surface area is 107 Å². The molecule has 3 nitrogen and oxygen atoms in total. The highest BCUT2D eigenvalue weighted by Gasteiger charge is 2.16. The fourth-order valence-corrected chi connectivity index (χ4v) is 2.32. The van der Waals surface area contributed by atoms with Crippen molar-refractivity contribution in [2.45, 2.75) is 38.5 Å². The number of allylic oxidation sites excluding steroid dienone is 2. The van der Waals surface area contributed by atoms with Gasteiger partial charge in [-0.25, -0.2) is 0 Å². The molecule has 1 aromatic rings. The van der Waals surface area contributed by atoms with Gasteiger partial charge in [0.1, 0.15) is 0 Å². The number of carbonyl (C=O) groups is 1. The molecule has 2 rings (SSSR count). The molecule has 1 aliphatic rings. The molecule has 3 heteroatoms. The summed E-state index contributed by atoms with van der Waals surface area (Å²) >= 11 is 0. The number of aliphatic carboxylic acids is 1. The Morgan fingerprint density at radius 1 is 1.17 bits per heavy atom. The molecule has 1 aromatic carbocycles. The molecule has 0 saturated carbocycles. The van der Waals surface area contributed by atoms with Crippen LogP contribution in [0.15, 0.2) is 30.0 Å². The molecule has 0 heterocycles. The molecule has 96 valence electrons. The highest BCUT2D eigenvalue weighted by atomic mass is 16.4. The van der Waals surface area contributed by atoms with Crippen molar-refractivity contribution in [1.82, 2.24) is 0 Å². The number of benzene rings is 1. The highest BCUT2D eigenvalue weighted by molar-refractivity contribution is 5.76. The van der Waals surface area contributed by atoms with E-state index in [-0.39, 0.29) is 0 Å². The molecule has 0 fully saturated rings. The van der Waals surface area contributed by atoms with Crippen LogP contribution in [0.1, 0.15) is 49.7 Å². The van der Waals surface area contributed by atoms with Crippen LogP contribution < -0.4 is 0 Å². The quantitative estimate of drug-likeness (QED) is 0.854. The monoisotopic (exact) mass is 246 g/mol. The number of aliphatic hydroxyl groups is 1. The van der Waals surface area contributed by atoms with Crippen LogP contribution in [-0.4, -0.2) is 16.2 Å². The fraction of sp³-hybridized carbons (Fsp3) is 0.400. The lowest BCUT2D eigenvalue weighted by Crippen LogP contribution is -2.07. The minimum absolute atomic E-state index is 0.486. The predicted molar refractivity (Wildman–Crippen MR) is 70.5 cm³/mol. The maximum atomic E-state index is 10.9. The van der Waals surface area contributed by atoms with Gasteiger partial charge in [0.15, 0.2) is 0 Å². The van der Waals surface area contributed by atoms with Gasteiger partial charge in [-0.2, -0.15) is 0 Å². The van der Waals surface area contributed by atoms with Gasteiger partial charge in [0, 0.05) is 6.42 Å². The molecular weight excluding hydrogens is 228 g/mol. The zero-order valence-electron chi connectivity index (χ0n) is 10.5. The first-order chi connectivity index (χ1) is 8.59. The van der Waals surface area contributed by atoms with E-state index in [0.29, 0.717) is 5.76 Å². The van der Waals surface area contributed by atoms with Gasteiger partial charge in [0.25, 0.3) is 0 Å². The van der Waals surface area contributed by atoms with E-state index in [1.54, 1.807) is 6.92 Å². The predicted octanol–water partition coefficient (Wildman–Crippen LogP) is 3.72. The van der Waals surface area contributed by atoms with Gasteiger partial charge in [-0.3, -0.25) is 4.79 Å². The molecule has 1 unspecified atom stereocenters. The summed E-state index contributed by atoms with van der Waals surface area (Å²) in [7, 11) is 0. The molecule has 1 aliphatic carbocycles. The average molecular weight is 246 g/mol. The van der Waals surface area contributed by atoms with E-state index in [9.17, 15) is 9.90 Å². The molecule has 2 N–H and O–H groups in total. The molecule has 0 aliphatic heterocycles. The minimum atomic E-state index is -0.817. The molecule has 18 heavy (non-hydrogen) atoms. The number of hydrogen-bond donors (Lipinski definition) is 2. The molecule has 0 radical (unpaired) electrons. The molecule has 0 aromatic heterocycles. The first-order valence-electron chi connectivity index (χ1n) is 6.33. The van der Waals surface area contributed by atoms with Gasteiger partial charge in [0.05, 0.1) is 11.7 Å². The first kappa shape index (κ1) is 12.7. The van der Waals surface area contributed by atoms with Crippen LogP contribution in [0.2, 0.25) is 0 Å². The van der Waals surface area contributed by atoms with Crippen molar-refractivity contribution in [2.75, 3.05) is 0 Å². The number of carboxylic acids is 1. The smallest absolute Gasteiger partial charge is 0.310 e. The Morgan fingerprint density at radius 2 is 1.78 bits per heavy atom. The fourth-order valence-electron chi connectivity index (χ4n) is 2.32. The third kappa shape index (κ3) is 2.55. The van der Waals surface area contributed by atoms with E-state index in [4.69, 9.17) is 5.11 Å². The largest absolute Gasteiger partial charge is 0.512 e. The SMILES string of the molecule is CC(C(=O)O)c1ccc(C2=C(O)CCCC2)cc1. The third-order valence-electron chi connectivity index (χ3n) is 3.57. The maximum Gasteiger partial charge on any atom is 0.310 e. The van der Waals surface area contributed by atoms with E-state index in [1.165, 1.54) is 0 Å². The van der Waals surface area contributed by atoms with Gasteiger partial charge in [0.2, 0.25) is 0 Å². The van der Waals surface area contributed by atoms with E-state index in [1.807, 2.05) is 24.3 Å². The second-order valence-electron chi connectivity index (χ2n) is 4.81. The lowest BCUT2D eigenvalue weighted by molar-refractivity contribution is -0.138. The number of hydrogen-bond acceptors (Lipinski definition) is 2. The van der Waals surface area contributed by atoms with Crippen LogP contribution in [-0.2, 0) is 4.79 Å². The molecule has 0 spiro atoms. The van der Waals surface area contributed by atoms with Crippen molar-refractivity contribution in [1.29, 1.82) is 0 Å². The second-order valence-corrected chi connectivity index (χ2v) is 4.81. The van der Waals surface area contributed by atoms with Crippen LogP contribution in [0, 0.1) is 0 Å². The van der Waals surface area contributed by atoms with Gasteiger partial charge in [-0.05, 0) is 42.9 Å². The zero-order chi connectivity index (χ0) is 13.1. The summed E-state index contributed by atoms with van der Waals surface area (Å²) in [5, 5.41) is 18.8. The van der Waals surface area contributed by atoms with Gasteiger partial charge < -0.3 is 10.2 Å². The average Bonchev–Trinajstić information content (AvgIpc) is 2.38. The van der Waals surface area contributed by atoms with Crippen molar-refractivity contribution >= 4 is 11.5 Å². The van der Waals surface area contributed by atoms with Crippen molar-refractivity contribution in [3.05, 3.63) is 41.2 Å². The number of rotatable bonds is 3. The van der Waals surface area contributed by atoms with E-state index >= 15 is 0 Å². The number of aliphatic hydroxyl groups excluding tert-OH is 1.